The average molecular weight is 410 g/mol. The molecule has 0 saturated heterocycles. The second-order valence-electron chi connectivity index (χ2n) is 8.04. The molecule has 1 fully saturated rings. The van der Waals surface area contributed by atoms with E-state index in [0.717, 1.165) is 23.1 Å². The maximum absolute atomic E-state index is 13.5. The number of hydrogen-bond donors (Lipinski definition) is 1. The molecule has 1 aliphatic carbocycles. The van der Waals surface area contributed by atoms with Gasteiger partial charge in [-0.15, -0.1) is 0 Å². The third kappa shape index (κ3) is 4.64. The molecule has 1 heterocycles. The van der Waals surface area contributed by atoms with E-state index in [4.69, 9.17) is 4.74 Å². The van der Waals surface area contributed by atoms with Crippen LogP contribution in [0.15, 0.2) is 42.5 Å². The molecule has 6 heteroatoms. The number of nitrogens with one attached hydrogen (secondary N) is 1. The third-order valence-electron chi connectivity index (χ3n) is 5.81. The topological polar surface area (TPSA) is 58.6 Å². The molecule has 5 nitrogen and oxygen atoms in total. The first-order chi connectivity index (χ1) is 14.5. The number of carbonyl (C=O) groups is 2. The summed E-state index contributed by atoms with van der Waals surface area (Å²) in [6.45, 7) is 3.14. The van der Waals surface area contributed by atoms with Crippen LogP contribution in [0, 0.1) is 11.7 Å². The zero-order valence-electron chi connectivity index (χ0n) is 17.2. The molecular weight excluding hydrogens is 383 g/mol. The van der Waals surface area contributed by atoms with Gasteiger partial charge in [0.05, 0.1) is 6.04 Å². The summed E-state index contributed by atoms with van der Waals surface area (Å²) in [4.78, 5) is 26.5. The van der Waals surface area contributed by atoms with Gasteiger partial charge in [-0.2, -0.15) is 0 Å². The molecule has 1 unspecified atom stereocenters. The molecule has 2 aliphatic rings. The zero-order chi connectivity index (χ0) is 21.1. The van der Waals surface area contributed by atoms with Crippen molar-refractivity contribution >= 4 is 11.8 Å². The van der Waals surface area contributed by atoms with Gasteiger partial charge in [-0.25, -0.2) is 4.39 Å². The lowest BCUT2D eigenvalue weighted by molar-refractivity contribution is -0.133. The van der Waals surface area contributed by atoms with E-state index in [0.29, 0.717) is 31.2 Å². The summed E-state index contributed by atoms with van der Waals surface area (Å²) < 4.78 is 19.2. The number of hydrogen-bond acceptors (Lipinski definition) is 3. The van der Waals surface area contributed by atoms with Crippen molar-refractivity contribution in [2.75, 3.05) is 19.7 Å². The van der Waals surface area contributed by atoms with Crippen LogP contribution in [0.3, 0.4) is 0 Å². The highest BCUT2D eigenvalue weighted by atomic mass is 19.1. The average Bonchev–Trinajstić information content (AvgIpc) is 3.60. The summed E-state index contributed by atoms with van der Waals surface area (Å²) in [5.41, 5.74) is 2.96. The lowest BCUT2D eigenvalue weighted by Crippen LogP contribution is -2.40. The molecule has 1 aliphatic heterocycles. The van der Waals surface area contributed by atoms with Crippen LogP contribution in [-0.4, -0.2) is 36.4 Å². The summed E-state index contributed by atoms with van der Waals surface area (Å²) in [6.07, 6.45) is 3.53. The maximum Gasteiger partial charge on any atom is 0.257 e. The summed E-state index contributed by atoms with van der Waals surface area (Å²) in [5, 5.41) is 2.89. The van der Waals surface area contributed by atoms with Gasteiger partial charge in [0.15, 0.2) is 6.61 Å². The van der Waals surface area contributed by atoms with Gasteiger partial charge in [0, 0.05) is 19.5 Å². The van der Waals surface area contributed by atoms with Crippen molar-refractivity contribution in [2.24, 2.45) is 5.92 Å². The number of fused-ring (bicyclic) bond motifs is 1. The van der Waals surface area contributed by atoms with Crippen molar-refractivity contribution in [1.82, 2.24) is 10.2 Å². The minimum atomic E-state index is -0.308. The van der Waals surface area contributed by atoms with E-state index in [9.17, 15) is 14.0 Å². The number of benzene rings is 2. The Morgan fingerprint density at radius 3 is 2.63 bits per heavy atom. The van der Waals surface area contributed by atoms with E-state index < -0.39 is 0 Å². The predicted molar refractivity (Wildman–Crippen MR) is 112 cm³/mol. The number of ether oxygens (including phenoxy) is 1. The van der Waals surface area contributed by atoms with Crippen LogP contribution in [0.5, 0.6) is 5.75 Å². The summed E-state index contributed by atoms with van der Waals surface area (Å²) >= 11 is 0. The van der Waals surface area contributed by atoms with Gasteiger partial charge in [-0.3, -0.25) is 9.59 Å². The van der Waals surface area contributed by atoms with Crippen molar-refractivity contribution < 1.29 is 18.7 Å². The Labute approximate surface area is 176 Å². The summed E-state index contributed by atoms with van der Waals surface area (Å²) in [6, 6.07) is 11.8. The van der Waals surface area contributed by atoms with E-state index >= 15 is 0 Å². The molecule has 2 aromatic rings. The van der Waals surface area contributed by atoms with E-state index in [-0.39, 0.29) is 30.3 Å². The molecule has 0 radical (unpaired) electrons. The predicted octanol–water partition coefficient (Wildman–Crippen LogP) is 3.61. The van der Waals surface area contributed by atoms with Gasteiger partial charge in [-0.05, 0) is 66.1 Å². The number of amides is 2. The fourth-order valence-electron chi connectivity index (χ4n) is 3.94. The van der Waals surface area contributed by atoms with Gasteiger partial charge in [0.1, 0.15) is 11.6 Å². The van der Waals surface area contributed by atoms with Gasteiger partial charge in [0.25, 0.3) is 5.91 Å². The van der Waals surface area contributed by atoms with Crippen LogP contribution in [0.4, 0.5) is 4.39 Å². The Kier molecular flexibility index (Phi) is 6.02. The van der Waals surface area contributed by atoms with Crippen LogP contribution < -0.4 is 10.1 Å². The number of halogens is 1. The van der Waals surface area contributed by atoms with E-state index in [2.05, 4.69) is 5.32 Å². The van der Waals surface area contributed by atoms with Crippen LogP contribution in [0.1, 0.15) is 48.9 Å². The van der Waals surface area contributed by atoms with Crippen LogP contribution in [0.25, 0.3) is 0 Å². The Bertz CT molecular complexity index is 925. The SMILES string of the molecule is CCC(=O)N1CCc2ccc(OCC(=O)NCC3CC3)cc2C1c1ccc(F)cc1. The minimum absolute atomic E-state index is 0.0374. The van der Waals surface area contributed by atoms with Crippen LogP contribution in [-0.2, 0) is 16.0 Å². The first-order valence-electron chi connectivity index (χ1n) is 10.6. The van der Waals surface area contributed by atoms with Crippen LogP contribution in [0.2, 0.25) is 0 Å². The molecular formula is C24H27FN2O3. The molecule has 1 N–H and O–H groups in total. The standard InChI is InChI=1S/C24H27FN2O3/c1-2-23(29)27-12-11-17-7-10-20(30-15-22(28)26-14-16-3-4-16)13-21(17)24(27)18-5-8-19(25)9-6-18/h5-10,13,16,24H,2-4,11-12,14-15H2,1H3,(H,26,28). The molecule has 1 saturated carbocycles. The van der Waals surface area contributed by atoms with Crippen LogP contribution >= 0.6 is 0 Å². The molecule has 2 aromatic carbocycles. The third-order valence-corrected chi connectivity index (χ3v) is 5.81. The van der Waals surface area contributed by atoms with E-state index in [1.165, 1.54) is 25.0 Å². The molecule has 30 heavy (non-hydrogen) atoms. The molecule has 0 bridgehead atoms. The monoisotopic (exact) mass is 410 g/mol. The second-order valence-corrected chi connectivity index (χ2v) is 8.04. The Balaban J connectivity index is 1.56. The normalized spacial score (nSPS) is 17.9. The minimum Gasteiger partial charge on any atom is -0.484 e. The first kappa shape index (κ1) is 20.4. The highest BCUT2D eigenvalue weighted by molar-refractivity contribution is 5.78. The van der Waals surface area contributed by atoms with E-state index in [1.807, 2.05) is 30.0 Å². The Hall–Kier alpha value is -2.89. The highest BCUT2D eigenvalue weighted by Crippen LogP contribution is 2.37. The molecule has 4 rings (SSSR count). The second kappa shape index (κ2) is 8.86. The smallest absolute Gasteiger partial charge is 0.257 e. The lowest BCUT2D eigenvalue weighted by Gasteiger charge is -2.38. The number of carbonyl (C=O) groups excluding carboxylic acids is 2. The first-order valence-corrected chi connectivity index (χ1v) is 10.6. The largest absolute Gasteiger partial charge is 0.484 e. The van der Waals surface area contributed by atoms with Crippen molar-refractivity contribution in [3.63, 3.8) is 0 Å². The van der Waals surface area contributed by atoms with Gasteiger partial charge in [0.2, 0.25) is 5.91 Å². The molecule has 0 aromatic heterocycles. The van der Waals surface area contributed by atoms with Crippen molar-refractivity contribution in [3.8, 4) is 5.75 Å². The fraction of sp³-hybridized carbons (Fsp3) is 0.417. The van der Waals surface area contributed by atoms with Crippen molar-refractivity contribution in [1.29, 1.82) is 0 Å². The molecule has 158 valence electrons. The molecule has 1 atom stereocenters. The quantitative estimate of drug-likeness (QED) is 0.759. The van der Waals surface area contributed by atoms with Gasteiger partial charge < -0.3 is 15.0 Å². The Morgan fingerprint density at radius 2 is 1.93 bits per heavy atom. The van der Waals surface area contributed by atoms with Gasteiger partial charge >= 0.3 is 0 Å². The summed E-state index contributed by atoms with van der Waals surface area (Å²) in [5.74, 6) is 0.833. The Morgan fingerprint density at radius 1 is 1.17 bits per heavy atom. The van der Waals surface area contributed by atoms with Crippen molar-refractivity contribution in [2.45, 2.75) is 38.6 Å². The van der Waals surface area contributed by atoms with E-state index in [1.54, 1.807) is 12.1 Å². The zero-order valence-corrected chi connectivity index (χ0v) is 17.2. The fourth-order valence-corrected chi connectivity index (χ4v) is 3.94. The molecule has 0 spiro atoms. The lowest BCUT2D eigenvalue weighted by atomic mass is 9.87. The number of nitrogens with zero attached hydrogens (tertiary/aromatic N) is 1. The van der Waals surface area contributed by atoms with Gasteiger partial charge in [-0.1, -0.05) is 25.1 Å². The maximum atomic E-state index is 13.5. The summed E-state index contributed by atoms with van der Waals surface area (Å²) in [7, 11) is 0. The molecule has 2 amide bonds. The number of rotatable bonds is 7. The highest BCUT2D eigenvalue weighted by Gasteiger charge is 2.31. The van der Waals surface area contributed by atoms with Crippen molar-refractivity contribution in [3.05, 3.63) is 65.0 Å².